The Morgan fingerprint density at radius 3 is 2.50 bits per heavy atom. The topological polar surface area (TPSA) is 70.2 Å². The summed E-state index contributed by atoms with van der Waals surface area (Å²) in [5.41, 5.74) is 0.391. The maximum atomic E-state index is 12.2. The van der Waals surface area contributed by atoms with Gasteiger partial charge in [-0.15, -0.1) is 0 Å². The molecule has 6 heteroatoms. The van der Waals surface area contributed by atoms with E-state index >= 15 is 0 Å². The number of nitrogens with one attached hydrogen (secondary N) is 2. The van der Waals surface area contributed by atoms with Gasteiger partial charge in [0.1, 0.15) is 11.5 Å². The highest BCUT2D eigenvalue weighted by molar-refractivity contribution is 5.92. The van der Waals surface area contributed by atoms with E-state index in [2.05, 4.69) is 25.5 Å². The second-order valence-corrected chi connectivity index (χ2v) is 6.18. The van der Waals surface area contributed by atoms with Crippen molar-refractivity contribution in [3.05, 3.63) is 18.1 Å². The Balaban J connectivity index is 1.82. The summed E-state index contributed by atoms with van der Waals surface area (Å²) in [6, 6.07) is 0.287. The van der Waals surface area contributed by atoms with Gasteiger partial charge in [-0.05, 0) is 26.9 Å². The number of aromatic nitrogens is 2. The van der Waals surface area contributed by atoms with E-state index < -0.39 is 0 Å². The zero-order chi connectivity index (χ0) is 15.8. The Morgan fingerprint density at radius 2 is 1.91 bits per heavy atom. The van der Waals surface area contributed by atoms with Crippen molar-refractivity contribution in [1.82, 2.24) is 20.2 Å². The van der Waals surface area contributed by atoms with Crippen LogP contribution in [-0.4, -0.2) is 54.0 Å². The summed E-state index contributed by atoms with van der Waals surface area (Å²) in [7, 11) is 4.04. The Labute approximate surface area is 132 Å². The number of carbonyl (C=O) groups is 1. The molecule has 6 nitrogen and oxygen atoms in total. The molecule has 122 valence electrons. The van der Waals surface area contributed by atoms with Gasteiger partial charge in [-0.2, -0.15) is 0 Å². The number of amides is 1. The van der Waals surface area contributed by atoms with Gasteiger partial charge in [0.2, 0.25) is 0 Å². The third-order valence-electron chi connectivity index (χ3n) is 3.94. The van der Waals surface area contributed by atoms with Gasteiger partial charge in [0.05, 0.1) is 12.4 Å². The van der Waals surface area contributed by atoms with Crippen LogP contribution >= 0.6 is 0 Å². The first-order valence-electron chi connectivity index (χ1n) is 8.16. The fourth-order valence-corrected chi connectivity index (χ4v) is 2.63. The molecule has 0 atom stereocenters. The van der Waals surface area contributed by atoms with Crippen LogP contribution in [-0.2, 0) is 0 Å². The molecule has 0 aliphatic heterocycles. The molecule has 1 heterocycles. The summed E-state index contributed by atoms with van der Waals surface area (Å²) in [4.78, 5) is 22.8. The van der Waals surface area contributed by atoms with E-state index in [0.29, 0.717) is 11.5 Å². The highest BCUT2D eigenvalue weighted by Crippen LogP contribution is 2.17. The number of nitrogens with zero attached hydrogens (tertiary/aromatic N) is 3. The molecule has 0 bridgehead atoms. The minimum Gasteiger partial charge on any atom is -0.368 e. The fourth-order valence-electron chi connectivity index (χ4n) is 2.63. The van der Waals surface area contributed by atoms with Crippen LogP contribution in [0.5, 0.6) is 0 Å². The normalized spacial score (nSPS) is 16.3. The number of hydrogen-bond donors (Lipinski definition) is 2. The van der Waals surface area contributed by atoms with E-state index in [-0.39, 0.29) is 11.9 Å². The number of likely N-dealkylation sites (N-methyl/N-ethyl adjacent to an activating group) is 1. The van der Waals surface area contributed by atoms with Crippen molar-refractivity contribution >= 4 is 11.7 Å². The lowest BCUT2D eigenvalue weighted by Gasteiger charge is -2.15. The first-order chi connectivity index (χ1) is 10.6. The average molecular weight is 305 g/mol. The van der Waals surface area contributed by atoms with Gasteiger partial charge in [0, 0.05) is 19.1 Å². The highest BCUT2D eigenvalue weighted by atomic mass is 16.1. The maximum Gasteiger partial charge on any atom is 0.271 e. The smallest absolute Gasteiger partial charge is 0.271 e. The molecule has 0 radical (unpaired) electrons. The molecule has 1 aliphatic rings. The molecule has 1 amide bonds. The Kier molecular flexibility index (Phi) is 6.58. The van der Waals surface area contributed by atoms with Crippen LogP contribution in [0.25, 0.3) is 0 Å². The molecule has 1 aliphatic carbocycles. The van der Waals surface area contributed by atoms with Gasteiger partial charge >= 0.3 is 0 Å². The number of hydrogen-bond acceptors (Lipinski definition) is 5. The molecule has 1 aromatic rings. The maximum absolute atomic E-state index is 12.2. The molecule has 0 aromatic carbocycles. The van der Waals surface area contributed by atoms with Crippen LogP contribution in [0.1, 0.15) is 49.0 Å². The first kappa shape index (κ1) is 16.7. The van der Waals surface area contributed by atoms with E-state index in [1.54, 1.807) is 12.4 Å². The quantitative estimate of drug-likeness (QED) is 0.786. The molecule has 0 unspecified atom stereocenters. The molecule has 1 aromatic heterocycles. The standard InChI is InChI=1S/C16H27N5O/c1-21(2)10-9-17-15-12-18-14(11-19-15)16(22)20-13-7-5-3-4-6-8-13/h11-13H,3-10H2,1-2H3,(H,17,19)(H,20,22). The van der Waals surface area contributed by atoms with Gasteiger partial charge in [0.15, 0.2) is 0 Å². The van der Waals surface area contributed by atoms with Crippen molar-refractivity contribution < 1.29 is 4.79 Å². The van der Waals surface area contributed by atoms with Crippen LogP contribution in [0.2, 0.25) is 0 Å². The molecule has 1 saturated carbocycles. The summed E-state index contributed by atoms with van der Waals surface area (Å²) in [6.45, 7) is 1.72. The molecule has 0 saturated heterocycles. The van der Waals surface area contributed by atoms with Gasteiger partial charge in [-0.3, -0.25) is 4.79 Å². The lowest BCUT2D eigenvalue weighted by molar-refractivity contribution is 0.0928. The summed E-state index contributed by atoms with van der Waals surface area (Å²) >= 11 is 0. The average Bonchev–Trinajstić information content (AvgIpc) is 2.76. The highest BCUT2D eigenvalue weighted by Gasteiger charge is 2.16. The third-order valence-corrected chi connectivity index (χ3v) is 3.94. The van der Waals surface area contributed by atoms with Crippen molar-refractivity contribution in [2.75, 3.05) is 32.5 Å². The fraction of sp³-hybridized carbons (Fsp3) is 0.688. The molecule has 1 fully saturated rings. The lowest BCUT2D eigenvalue weighted by atomic mass is 10.1. The zero-order valence-corrected chi connectivity index (χ0v) is 13.6. The van der Waals surface area contributed by atoms with E-state index in [4.69, 9.17) is 0 Å². The predicted molar refractivity (Wildman–Crippen MR) is 88.0 cm³/mol. The largest absolute Gasteiger partial charge is 0.368 e. The van der Waals surface area contributed by atoms with Crippen LogP contribution < -0.4 is 10.6 Å². The first-order valence-corrected chi connectivity index (χ1v) is 8.16. The minimum atomic E-state index is -0.112. The second kappa shape index (κ2) is 8.68. The molecule has 0 spiro atoms. The number of anilines is 1. The van der Waals surface area contributed by atoms with E-state index in [1.807, 2.05) is 14.1 Å². The second-order valence-electron chi connectivity index (χ2n) is 6.18. The summed E-state index contributed by atoms with van der Waals surface area (Å²) in [5, 5.41) is 6.27. The third kappa shape index (κ3) is 5.60. The van der Waals surface area contributed by atoms with Crippen molar-refractivity contribution in [3.8, 4) is 0 Å². The summed E-state index contributed by atoms with van der Waals surface area (Å²) < 4.78 is 0. The molecular formula is C16H27N5O. The van der Waals surface area contributed by atoms with E-state index in [9.17, 15) is 4.79 Å². The Bertz CT molecular complexity index is 452. The van der Waals surface area contributed by atoms with Gasteiger partial charge < -0.3 is 15.5 Å². The van der Waals surface area contributed by atoms with Crippen LogP contribution in [0.15, 0.2) is 12.4 Å². The minimum absolute atomic E-state index is 0.112. The van der Waals surface area contributed by atoms with E-state index in [1.165, 1.54) is 25.7 Å². The predicted octanol–water partition coefficient (Wildman–Crippen LogP) is 1.90. The Morgan fingerprint density at radius 1 is 1.18 bits per heavy atom. The van der Waals surface area contributed by atoms with Crippen LogP contribution in [0.4, 0.5) is 5.82 Å². The van der Waals surface area contributed by atoms with Gasteiger partial charge in [-0.1, -0.05) is 25.7 Å². The van der Waals surface area contributed by atoms with Crippen molar-refractivity contribution in [2.45, 2.75) is 44.6 Å². The monoisotopic (exact) mass is 305 g/mol. The molecule has 2 N–H and O–H groups in total. The number of rotatable bonds is 6. The summed E-state index contributed by atoms with van der Waals surface area (Å²) in [5.74, 6) is 0.590. The molecule has 2 rings (SSSR count). The van der Waals surface area contributed by atoms with Crippen LogP contribution in [0.3, 0.4) is 0 Å². The molecule has 22 heavy (non-hydrogen) atoms. The van der Waals surface area contributed by atoms with Crippen molar-refractivity contribution in [2.24, 2.45) is 0 Å². The zero-order valence-electron chi connectivity index (χ0n) is 13.6. The lowest BCUT2D eigenvalue weighted by Crippen LogP contribution is -2.35. The molecular weight excluding hydrogens is 278 g/mol. The van der Waals surface area contributed by atoms with Crippen molar-refractivity contribution in [3.63, 3.8) is 0 Å². The summed E-state index contributed by atoms with van der Waals surface area (Å²) in [6.07, 6.45) is 10.3. The van der Waals surface area contributed by atoms with Gasteiger partial charge in [0.25, 0.3) is 5.91 Å². The Hall–Kier alpha value is -1.69. The van der Waals surface area contributed by atoms with Gasteiger partial charge in [-0.25, -0.2) is 9.97 Å². The van der Waals surface area contributed by atoms with Crippen molar-refractivity contribution in [1.29, 1.82) is 0 Å². The van der Waals surface area contributed by atoms with E-state index in [0.717, 1.165) is 25.9 Å². The SMILES string of the molecule is CN(C)CCNc1cnc(C(=O)NC2CCCCCC2)cn1. The number of carbonyl (C=O) groups excluding carboxylic acids is 1. The van der Waals surface area contributed by atoms with Crippen LogP contribution in [0, 0.1) is 0 Å².